The molecule has 0 amide bonds. The van der Waals surface area contributed by atoms with Crippen molar-refractivity contribution in [3.05, 3.63) is 21.4 Å². The Hall–Kier alpha value is 2.40. The molecule has 0 aromatic rings. The zero-order valence-electron chi connectivity index (χ0n) is 6.46. The third-order valence-electron chi connectivity index (χ3n) is 1.23. The van der Waals surface area contributed by atoms with Crippen molar-refractivity contribution in [3.8, 4) is 0 Å². The molecule has 0 bridgehead atoms. The molecule has 2 aliphatic rings. The van der Waals surface area contributed by atoms with Crippen molar-refractivity contribution in [1.29, 1.82) is 0 Å². The van der Waals surface area contributed by atoms with Gasteiger partial charge in [0.15, 0.2) is 0 Å². The first-order valence-corrected chi connectivity index (χ1v) is 12.1. The van der Waals surface area contributed by atoms with E-state index in [1.54, 1.807) is 16.4 Å². The molecular weight excluding hydrogens is 446 g/mol. The van der Waals surface area contributed by atoms with E-state index in [4.69, 9.17) is 0 Å². The quantitative estimate of drug-likeness (QED) is 0.291. The Labute approximate surface area is 119 Å². The van der Waals surface area contributed by atoms with E-state index >= 15 is 0 Å². The topological polar surface area (TPSA) is 0 Å². The molecule has 0 aromatic heterocycles. The van der Waals surface area contributed by atoms with E-state index in [0.717, 1.165) is 0 Å². The van der Waals surface area contributed by atoms with Gasteiger partial charge in [-0.25, -0.2) is 0 Å². The van der Waals surface area contributed by atoms with E-state index in [1.807, 2.05) is 3.58 Å². The smallest absolute Gasteiger partial charge is 1.00 e. The van der Waals surface area contributed by atoms with Crippen LogP contribution in [0.2, 0.25) is 0 Å². The molecule has 13 heavy (non-hydrogen) atoms. The van der Waals surface area contributed by atoms with Crippen LogP contribution in [0, 0.1) is 0 Å². The van der Waals surface area contributed by atoms with Crippen molar-refractivity contribution >= 4 is 51.5 Å². The second-order valence-corrected chi connectivity index (χ2v) is 20.8. The maximum atomic E-state index is 2.46. The first kappa shape index (κ1) is 15.4. The van der Waals surface area contributed by atoms with Crippen LogP contribution >= 0.6 is 16.4 Å². The average molecular weight is 452 g/mol. The predicted molar refractivity (Wildman–Crippen MR) is 56.4 cm³/mol. The summed E-state index contributed by atoms with van der Waals surface area (Å²) >= 11 is 0.491. The van der Waals surface area contributed by atoms with Crippen LogP contribution < -0.4 is 24.8 Å². The maximum absolute atomic E-state index is 2.46. The molecule has 68 valence electrons. The normalized spacial score (nSPS) is 23.1. The van der Waals surface area contributed by atoms with Crippen LogP contribution in [0.15, 0.2) is 21.4 Å². The van der Waals surface area contributed by atoms with Crippen LogP contribution in [0.3, 0.4) is 0 Å². The zero-order chi connectivity index (χ0) is 7.52. The molecular formula is C6H6As2Cl2P2Zr. The van der Waals surface area contributed by atoms with E-state index in [9.17, 15) is 0 Å². The Morgan fingerprint density at radius 2 is 1.38 bits per heavy atom. The monoisotopic (exact) mass is 450 g/mol. The van der Waals surface area contributed by atoms with Gasteiger partial charge in [0.05, 0.1) is 0 Å². The maximum Gasteiger partial charge on any atom is -1.00 e. The van der Waals surface area contributed by atoms with Crippen molar-refractivity contribution in [2.24, 2.45) is 0 Å². The van der Waals surface area contributed by atoms with Gasteiger partial charge in [0.1, 0.15) is 0 Å². The number of rotatable bonds is 2. The number of hydrogen-bond acceptors (Lipinski definition) is 0. The van der Waals surface area contributed by atoms with Crippen molar-refractivity contribution in [1.82, 2.24) is 0 Å². The summed E-state index contributed by atoms with van der Waals surface area (Å²) in [6, 6.07) is 0. The van der Waals surface area contributed by atoms with Crippen LogP contribution in [0.25, 0.3) is 0 Å². The average Bonchev–Trinajstić information content (AvgIpc) is 2.60. The van der Waals surface area contributed by atoms with E-state index in [2.05, 4.69) is 21.4 Å². The van der Waals surface area contributed by atoms with Gasteiger partial charge in [-0.05, 0) is 0 Å². The van der Waals surface area contributed by atoms with Crippen molar-refractivity contribution in [2.75, 3.05) is 0 Å². The second-order valence-electron chi connectivity index (χ2n) is 2.00. The van der Waals surface area contributed by atoms with Gasteiger partial charge in [0.25, 0.3) is 0 Å². The molecule has 0 radical (unpaired) electrons. The Morgan fingerprint density at radius 3 is 1.69 bits per heavy atom. The first-order chi connectivity index (χ1) is 5.45. The summed E-state index contributed by atoms with van der Waals surface area (Å²) in [7, 11) is 3.22. The minimum absolute atomic E-state index is 0. The Morgan fingerprint density at radius 1 is 0.923 bits per heavy atom. The van der Waals surface area contributed by atoms with Crippen LogP contribution in [0.4, 0.5) is 0 Å². The van der Waals surface area contributed by atoms with E-state index in [0.29, 0.717) is 31.5 Å². The molecule has 2 aliphatic heterocycles. The fraction of sp³-hybridized carbons (Fsp3) is 0. The summed E-state index contributed by atoms with van der Waals surface area (Å²) in [5.41, 5.74) is 0. The van der Waals surface area contributed by atoms with Gasteiger partial charge in [-0.3, -0.25) is 0 Å². The largest absolute Gasteiger partial charge is 1.00 e. The fourth-order valence-corrected chi connectivity index (χ4v) is 24.5. The number of halogens is 2. The first-order valence-electron chi connectivity index (χ1n) is 3.21. The molecule has 2 heterocycles. The van der Waals surface area contributed by atoms with Gasteiger partial charge >= 0.3 is 96.1 Å². The zero-order valence-corrected chi connectivity index (χ0v) is 16.4. The summed E-state index contributed by atoms with van der Waals surface area (Å²) in [6.45, 7) is 0. The van der Waals surface area contributed by atoms with Gasteiger partial charge < -0.3 is 24.8 Å². The summed E-state index contributed by atoms with van der Waals surface area (Å²) in [6.07, 6.45) is 0. The summed E-state index contributed by atoms with van der Waals surface area (Å²) in [5, 5.41) is 0. The van der Waals surface area contributed by atoms with Gasteiger partial charge in [0.2, 0.25) is 0 Å². The van der Waals surface area contributed by atoms with Crippen LogP contribution in [-0.4, -0.2) is 35.1 Å². The fourth-order valence-electron chi connectivity index (χ4n) is 0.779. The van der Waals surface area contributed by atoms with E-state index in [1.165, 1.54) is 0 Å². The van der Waals surface area contributed by atoms with Gasteiger partial charge in [-0.2, -0.15) is 0 Å². The summed E-state index contributed by atoms with van der Waals surface area (Å²) in [5.74, 6) is 4.74. The van der Waals surface area contributed by atoms with Gasteiger partial charge in [-0.15, -0.1) is 0 Å². The number of hydrogen-bond donors (Lipinski definition) is 0. The molecule has 0 aromatic carbocycles. The van der Waals surface area contributed by atoms with E-state index in [-0.39, 0.29) is 48.0 Å². The van der Waals surface area contributed by atoms with Crippen molar-refractivity contribution < 1.29 is 48.0 Å². The third-order valence-corrected chi connectivity index (χ3v) is 20.2. The van der Waals surface area contributed by atoms with Crippen LogP contribution in [-0.2, 0) is 23.2 Å². The molecule has 0 N–H and O–H groups in total. The Bertz CT molecular complexity index is 260. The molecule has 0 fully saturated rings. The minimum Gasteiger partial charge on any atom is -1.00 e. The second kappa shape index (κ2) is 8.54. The molecule has 2 rings (SSSR count). The summed E-state index contributed by atoms with van der Waals surface area (Å²) in [4.78, 5) is 4.91. The van der Waals surface area contributed by atoms with Crippen molar-refractivity contribution in [2.45, 2.75) is 0 Å². The van der Waals surface area contributed by atoms with Gasteiger partial charge in [0, 0.05) is 0 Å². The van der Waals surface area contributed by atoms with Crippen LogP contribution in [0.5, 0.6) is 0 Å². The molecule has 0 spiro atoms. The molecule has 0 nitrogen and oxygen atoms in total. The SMILES string of the molecule is C1=C[AsH][C]([Zr+2][C]2=PC=C[AsH]2)=P1.[Cl-].[Cl-]. The Kier molecular flexibility index (Phi) is 10.1. The molecule has 0 saturated carbocycles. The van der Waals surface area contributed by atoms with E-state index < -0.39 is 0 Å². The molecule has 0 aliphatic carbocycles. The van der Waals surface area contributed by atoms with Gasteiger partial charge in [-0.1, -0.05) is 0 Å². The third kappa shape index (κ3) is 5.32. The predicted octanol–water partition coefficient (Wildman–Crippen LogP) is -5.01. The van der Waals surface area contributed by atoms with Crippen LogP contribution in [0.1, 0.15) is 0 Å². The molecule has 2 unspecified atom stereocenters. The molecule has 0 saturated heterocycles. The standard InChI is InChI=1S/2C3H3AsP.2ClH.Zr/c2*1-2-5-3-4-1;;;/h2*1-2,4H;2*1H;/q;;;;+2/p-2. The summed E-state index contributed by atoms with van der Waals surface area (Å²) < 4.78 is 4.01. The molecule has 2 atom stereocenters. The minimum atomic E-state index is -0.114. The Balaban J connectivity index is 0.000000720. The van der Waals surface area contributed by atoms with Crippen molar-refractivity contribution in [3.63, 3.8) is 0 Å². The molecule has 7 heteroatoms.